The average molecular weight is 371 g/mol. The standard InChI is InChI=1S/C21H38O5/c1-3-4-5-6-7-8-9-10-11-12-13-20(19-16-21(22)25-17-19)26-18-24-15-14-23-2/h16,20H,3-15,17-18H2,1-2H3. The highest BCUT2D eigenvalue weighted by Crippen LogP contribution is 2.20. The lowest BCUT2D eigenvalue weighted by atomic mass is 10.0. The number of ether oxygens (including phenoxy) is 4. The quantitative estimate of drug-likeness (QED) is 0.197. The molecule has 0 fully saturated rings. The lowest BCUT2D eigenvalue weighted by Gasteiger charge is -2.18. The highest BCUT2D eigenvalue weighted by Gasteiger charge is 2.22. The molecule has 1 heterocycles. The Kier molecular flexibility index (Phi) is 14.5. The fraction of sp³-hybridized carbons (Fsp3) is 0.857. The summed E-state index contributed by atoms with van der Waals surface area (Å²) < 4.78 is 21.2. The minimum atomic E-state index is -0.267. The van der Waals surface area contributed by atoms with Gasteiger partial charge in [0.25, 0.3) is 0 Å². The van der Waals surface area contributed by atoms with Gasteiger partial charge in [-0.1, -0.05) is 71.1 Å². The van der Waals surface area contributed by atoms with Crippen molar-refractivity contribution in [2.75, 3.05) is 33.7 Å². The number of hydrogen-bond donors (Lipinski definition) is 0. The minimum Gasteiger partial charge on any atom is -0.458 e. The second kappa shape index (κ2) is 16.3. The van der Waals surface area contributed by atoms with Crippen LogP contribution in [-0.2, 0) is 23.7 Å². The van der Waals surface area contributed by atoms with E-state index in [-0.39, 0.29) is 18.9 Å². The van der Waals surface area contributed by atoms with Crippen LogP contribution in [0.1, 0.15) is 77.6 Å². The summed E-state index contributed by atoms with van der Waals surface area (Å²) in [5.74, 6) is -0.267. The summed E-state index contributed by atoms with van der Waals surface area (Å²) >= 11 is 0. The molecule has 0 radical (unpaired) electrons. The normalized spacial score (nSPS) is 15.2. The summed E-state index contributed by atoms with van der Waals surface area (Å²) in [4.78, 5) is 11.3. The van der Waals surface area contributed by atoms with Crippen LogP contribution in [0.15, 0.2) is 11.6 Å². The van der Waals surface area contributed by atoms with Gasteiger partial charge < -0.3 is 18.9 Å². The molecule has 0 aromatic heterocycles. The largest absolute Gasteiger partial charge is 0.458 e. The Hall–Kier alpha value is -0.910. The monoisotopic (exact) mass is 370 g/mol. The number of carbonyl (C=O) groups is 1. The van der Waals surface area contributed by atoms with E-state index in [1.165, 1.54) is 57.8 Å². The zero-order chi connectivity index (χ0) is 18.9. The third kappa shape index (κ3) is 11.7. The third-order valence-electron chi connectivity index (χ3n) is 4.70. The van der Waals surface area contributed by atoms with Crippen molar-refractivity contribution in [1.29, 1.82) is 0 Å². The number of carbonyl (C=O) groups excluding carboxylic acids is 1. The van der Waals surface area contributed by atoms with Crippen molar-refractivity contribution in [3.05, 3.63) is 11.6 Å². The summed E-state index contributed by atoms with van der Waals surface area (Å²) in [5.41, 5.74) is 0.932. The predicted octanol–water partition coefficient (Wildman–Crippen LogP) is 4.79. The zero-order valence-corrected chi connectivity index (χ0v) is 16.8. The van der Waals surface area contributed by atoms with Gasteiger partial charge in [-0.05, 0) is 6.42 Å². The smallest absolute Gasteiger partial charge is 0.331 e. The van der Waals surface area contributed by atoms with Crippen LogP contribution in [-0.4, -0.2) is 45.8 Å². The van der Waals surface area contributed by atoms with Gasteiger partial charge in [-0.2, -0.15) is 0 Å². The molecule has 0 saturated heterocycles. The first-order chi connectivity index (χ1) is 12.8. The van der Waals surface area contributed by atoms with E-state index in [2.05, 4.69) is 6.92 Å². The van der Waals surface area contributed by atoms with Crippen LogP contribution in [0.2, 0.25) is 0 Å². The summed E-state index contributed by atoms with van der Waals surface area (Å²) in [7, 11) is 1.64. The van der Waals surface area contributed by atoms with E-state index in [0.29, 0.717) is 19.8 Å². The molecule has 1 aliphatic rings. The van der Waals surface area contributed by atoms with Gasteiger partial charge in [0.2, 0.25) is 0 Å². The first-order valence-electron chi connectivity index (χ1n) is 10.3. The van der Waals surface area contributed by atoms with E-state index in [4.69, 9.17) is 18.9 Å². The average Bonchev–Trinajstić information content (AvgIpc) is 3.07. The van der Waals surface area contributed by atoms with Crippen molar-refractivity contribution in [2.45, 2.75) is 83.7 Å². The first kappa shape index (κ1) is 23.1. The molecule has 152 valence electrons. The van der Waals surface area contributed by atoms with Gasteiger partial charge in [-0.15, -0.1) is 0 Å². The SMILES string of the molecule is CCCCCCCCCCCCC(OCOCCOC)C1=CC(=O)OC1. The first-order valence-corrected chi connectivity index (χ1v) is 10.3. The Morgan fingerprint density at radius 2 is 1.65 bits per heavy atom. The van der Waals surface area contributed by atoms with Gasteiger partial charge in [-0.3, -0.25) is 0 Å². The molecular formula is C21H38O5. The van der Waals surface area contributed by atoms with E-state index in [9.17, 15) is 4.79 Å². The molecule has 0 aromatic rings. The lowest BCUT2D eigenvalue weighted by molar-refractivity contribution is -0.135. The Morgan fingerprint density at radius 3 is 2.23 bits per heavy atom. The zero-order valence-electron chi connectivity index (χ0n) is 16.8. The van der Waals surface area contributed by atoms with E-state index >= 15 is 0 Å². The van der Waals surface area contributed by atoms with Gasteiger partial charge in [0, 0.05) is 18.8 Å². The fourth-order valence-electron chi connectivity index (χ4n) is 3.10. The maximum Gasteiger partial charge on any atom is 0.331 e. The molecular weight excluding hydrogens is 332 g/mol. The number of rotatable bonds is 18. The van der Waals surface area contributed by atoms with Crippen LogP contribution in [0.25, 0.3) is 0 Å². The van der Waals surface area contributed by atoms with E-state index in [1.807, 2.05) is 0 Å². The molecule has 5 heteroatoms. The number of cyclic esters (lactones) is 1. The molecule has 1 atom stereocenters. The van der Waals surface area contributed by atoms with Crippen LogP contribution >= 0.6 is 0 Å². The molecule has 0 aliphatic carbocycles. The van der Waals surface area contributed by atoms with Crippen LogP contribution in [0.5, 0.6) is 0 Å². The van der Waals surface area contributed by atoms with Crippen LogP contribution in [0, 0.1) is 0 Å². The van der Waals surface area contributed by atoms with Crippen molar-refractivity contribution in [3.8, 4) is 0 Å². The predicted molar refractivity (Wildman–Crippen MR) is 103 cm³/mol. The maximum atomic E-state index is 11.3. The summed E-state index contributed by atoms with van der Waals surface area (Å²) in [6.45, 7) is 3.88. The van der Waals surface area contributed by atoms with Gasteiger partial charge in [0.05, 0.1) is 19.3 Å². The Morgan fingerprint density at radius 1 is 1.00 bits per heavy atom. The molecule has 0 saturated carbocycles. The lowest BCUT2D eigenvalue weighted by Crippen LogP contribution is -2.20. The summed E-state index contributed by atoms with van der Waals surface area (Å²) in [5, 5.41) is 0. The maximum absolute atomic E-state index is 11.3. The Bertz CT molecular complexity index is 381. The highest BCUT2D eigenvalue weighted by atomic mass is 16.7. The minimum absolute atomic E-state index is 0.0851. The molecule has 0 aromatic carbocycles. The second-order valence-electron chi connectivity index (χ2n) is 6.97. The summed E-state index contributed by atoms with van der Waals surface area (Å²) in [6, 6.07) is 0. The van der Waals surface area contributed by atoms with E-state index in [0.717, 1.165) is 18.4 Å². The van der Waals surface area contributed by atoms with Gasteiger partial charge in [0.1, 0.15) is 13.4 Å². The number of unbranched alkanes of at least 4 members (excludes halogenated alkanes) is 9. The molecule has 0 N–H and O–H groups in total. The van der Waals surface area contributed by atoms with Gasteiger partial charge >= 0.3 is 5.97 Å². The topological polar surface area (TPSA) is 54.0 Å². The molecule has 0 amide bonds. The molecule has 5 nitrogen and oxygen atoms in total. The van der Waals surface area contributed by atoms with Crippen molar-refractivity contribution in [3.63, 3.8) is 0 Å². The van der Waals surface area contributed by atoms with Crippen molar-refractivity contribution < 1.29 is 23.7 Å². The van der Waals surface area contributed by atoms with Gasteiger partial charge in [0.15, 0.2) is 0 Å². The molecule has 1 aliphatic heterocycles. The second-order valence-corrected chi connectivity index (χ2v) is 6.97. The van der Waals surface area contributed by atoms with Gasteiger partial charge in [-0.25, -0.2) is 4.79 Å². The number of hydrogen-bond acceptors (Lipinski definition) is 5. The Balaban J connectivity index is 2.12. The molecule has 0 bridgehead atoms. The van der Waals surface area contributed by atoms with E-state index < -0.39 is 0 Å². The van der Waals surface area contributed by atoms with Crippen molar-refractivity contribution in [1.82, 2.24) is 0 Å². The van der Waals surface area contributed by atoms with E-state index in [1.54, 1.807) is 13.2 Å². The number of esters is 1. The van der Waals surface area contributed by atoms with Crippen LogP contribution in [0.3, 0.4) is 0 Å². The molecule has 26 heavy (non-hydrogen) atoms. The van der Waals surface area contributed by atoms with Crippen molar-refractivity contribution >= 4 is 5.97 Å². The van der Waals surface area contributed by atoms with Crippen LogP contribution < -0.4 is 0 Å². The van der Waals surface area contributed by atoms with Crippen molar-refractivity contribution in [2.24, 2.45) is 0 Å². The molecule has 1 rings (SSSR count). The van der Waals surface area contributed by atoms with Crippen LogP contribution in [0.4, 0.5) is 0 Å². The molecule has 1 unspecified atom stereocenters. The third-order valence-corrected chi connectivity index (χ3v) is 4.70. The fourth-order valence-corrected chi connectivity index (χ4v) is 3.10. The summed E-state index contributed by atoms with van der Waals surface area (Å²) in [6.07, 6.45) is 15.5. The Labute approximate surface area is 159 Å². The highest BCUT2D eigenvalue weighted by molar-refractivity contribution is 5.85. The molecule has 0 spiro atoms. The number of methoxy groups -OCH3 is 1.